The molecule has 84 valence electrons. The topological polar surface area (TPSA) is 61.0 Å². The molecule has 4 nitrogen and oxygen atoms in total. The molecule has 0 spiro atoms. The highest BCUT2D eigenvalue weighted by atomic mass is 79.9. The molecule has 0 saturated heterocycles. The van der Waals surface area contributed by atoms with E-state index in [0.717, 1.165) is 12.8 Å². The van der Waals surface area contributed by atoms with Gasteiger partial charge in [-0.3, -0.25) is 0 Å². The van der Waals surface area contributed by atoms with Crippen LogP contribution in [0.25, 0.3) is 0 Å². The fraction of sp³-hybridized carbons (Fsp3) is 0.600. The van der Waals surface area contributed by atoms with E-state index >= 15 is 0 Å². The van der Waals surface area contributed by atoms with Gasteiger partial charge in [0.2, 0.25) is 5.88 Å². The Bertz CT molecular complexity index is 318. The molecule has 0 unspecified atom stereocenters. The number of anilines is 1. The Kier molecular flexibility index (Phi) is 4.81. The number of rotatable bonds is 5. The molecular formula is C10H16BrN3O. The Morgan fingerprint density at radius 2 is 2.20 bits per heavy atom. The quantitative estimate of drug-likeness (QED) is 0.838. The number of aromatic nitrogens is 2. The van der Waals surface area contributed by atoms with Crippen molar-refractivity contribution >= 4 is 21.7 Å². The van der Waals surface area contributed by atoms with Crippen molar-refractivity contribution in [1.29, 1.82) is 0 Å². The number of nitrogens with zero attached hydrogens (tertiary/aromatic N) is 2. The third kappa shape index (κ3) is 4.03. The van der Waals surface area contributed by atoms with E-state index in [-0.39, 0.29) is 0 Å². The fourth-order valence-electron chi connectivity index (χ4n) is 1.13. The predicted molar refractivity (Wildman–Crippen MR) is 63.7 cm³/mol. The van der Waals surface area contributed by atoms with Gasteiger partial charge in [0.1, 0.15) is 16.6 Å². The van der Waals surface area contributed by atoms with Crippen molar-refractivity contribution in [3.63, 3.8) is 0 Å². The standard InChI is InChI=1S/C10H16BrN3O/c1-7(2)4-3-5-15-10-8(11)9(12)13-6-14-10/h6-7H,3-5H2,1-2H3,(H2,12,13,14). The molecule has 0 aliphatic rings. The molecule has 2 N–H and O–H groups in total. The largest absolute Gasteiger partial charge is 0.477 e. The lowest BCUT2D eigenvalue weighted by Crippen LogP contribution is -2.03. The number of halogens is 1. The predicted octanol–water partition coefficient (Wildman–Crippen LogP) is 2.64. The molecular weight excluding hydrogens is 258 g/mol. The van der Waals surface area contributed by atoms with Gasteiger partial charge in [-0.2, -0.15) is 0 Å². The highest BCUT2D eigenvalue weighted by molar-refractivity contribution is 9.10. The molecule has 15 heavy (non-hydrogen) atoms. The van der Waals surface area contributed by atoms with Crippen molar-refractivity contribution in [3.8, 4) is 5.88 Å². The van der Waals surface area contributed by atoms with Crippen LogP contribution in [0.3, 0.4) is 0 Å². The lowest BCUT2D eigenvalue weighted by Gasteiger charge is -2.08. The van der Waals surface area contributed by atoms with Gasteiger partial charge in [-0.25, -0.2) is 9.97 Å². The molecule has 0 aliphatic heterocycles. The number of hydrogen-bond donors (Lipinski definition) is 1. The van der Waals surface area contributed by atoms with Crippen molar-refractivity contribution < 1.29 is 4.74 Å². The van der Waals surface area contributed by atoms with E-state index in [9.17, 15) is 0 Å². The summed E-state index contributed by atoms with van der Waals surface area (Å²) in [7, 11) is 0. The molecule has 0 bridgehead atoms. The second kappa shape index (κ2) is 5.90. The summed E-state index contributed by atoms with van der Waals surface area (Å²) in [4.78, 5) is 7.83. The van der Waals surface area contributed by atoms with Crippen LogP contribution in [0.5, 0.6) is 5.88 Å². The summed E-state index contributed by atoms with van der Waals surface area (Å²) in [5.41, 5.74) is 5.60. The average Bonchev–Trinajstić information content (AvgIpc) is 2.18. The van der Waals surface area contributed by atoms with E-state index < -0.39 is 0 Å². The molecule has 0 radical (unpaired) electrons. The Morgan fingerprint density at radius 1 is 1.47 bits per heavy atom. The van der Waals surface area contributed by atoms with E-state index in [1.807, 2.05) is 0 Å². The molecule has 0 saturated carbocycles. The Morgan fingerprint density at radius 3 is 2.87 bits per heavy atom. The van der Waals surface area contributed by atoms with Crippen LogP contribution in [0.1, 0.15) is 26.7 Å². The minimum Gasteiger partial charge on any atom is -0.477 e. The highest BCUT2D eigenvalue weighted by Crippen LogP contribution is 2.26. The summed E-state index contributed by atoms with van der Waals surface area (Å²) >= 11 is 3.29. The number of hydrogen-bond acceptors (Lipinski definition) is 4. The van der Waals surface area contributed by atoms with Crippen molar-refractivity contribution in [2.24, 2.45) is 5.92 Å². The molecule has 1 rings (SSSR count). The highest BCUT2D eigenvalue weighted by Gasteiger charge is 2.06. The summed E-state index contributed by atoms with van der Waals surface area (Å²) in [6.07, 6.45) is 3.57. The van der Waals surface area contributed by atoms with Crippen LogP contribution in [-0.2, 0) is 0 Å². The van der Waals surface area contributed by atoms with Crippen molar-refractivity contribution in [3.05, 3.63) is 10.8 Å². The Balaban J connectivity index is 2.41. The third-order valence-corrected chi connectivity index (χ3v) is 2.69. The third-order valence-electron chi connectivity index (χ3n) is 1.95. The van der Waals surface area contributed by atoms with Gasteiger partial charge >= 0.3 is 0 Å². The first-order valence-corrected chi connectivity index (χ1v) is 5.79. The van der Waals surface area contributed by atoms with Crippen molar-refractivity contribution in [1.82, 2.24) is 9.97 Å². The summed E-state index contributed by atoms with van der Waals surface area (Å²) in [5.74, 6) is 1.63. The van der Waals surface area contributed by atoms with Crippen LogP contribution in [0, 0.1) is 5.92 Å². The lowest BCUT2D eigenvalue weighted by atomic mass is 10.1. The van der Waals surface area contributed by atoms with Crippen LogP contribution < -0.4 is 10.5 Å². The second-order valence-electron chi connectivity index (χ2n) is 3.76. The maximum Gasteiger partial charge on any atom is 0.233 e. The van der Waals surface area contributed by atoms with Crippen LogP contribution >= 0.6 is 15.9 Å². The molecule has 0 aliphatic carbocycles. The van der Waals surface area contributed by atoms with Crippen LogP contribution in [0.15, 0.2) is 10.8 Å². The summed E-state index contributed by atoms with van der Waals surface area (Å²) in [5, 5.41) is 0. The zero-order chi connectivity index (χ0) is 11.3. The average molecular weight is 274 g/mol. The zero-order valence-electron chi connectivity index (χ0n) is 9.03. The normalized spacial score (nSPS) is 10.7. The van der Waals surface area contributed by atoms with E-state index in [1.165, 1.54) is 6.33 Å². The molecule has 0 aromatic carbocycles. The minimum atomic E-state index is 0.406. The van der Waals surface area contributed by atoms with Gasteiger partial charge in [0.05, 0.1) is 6.61 Å². The van der Waals surface area contributed by atoms with E-state index in [0.29, 0.717) is 28.7 Å². The first-order chi connectivity index (χ1) is 7.11. The maximum atomic E-state index is 5.60. The van der Waals surface area contributed by atoms with Gasteiger partial charge in [-0.1, -0.05) is 13.8 Å². The lowest BCUT2D eigenvalue weighted by molar-refractivity contribution is 0.285. The van der Waals surface area contributed by atoms with Crippen molar-refractivity contribution in [2.45, 2.75) is 26.7 Å². The first kappa shape index (κ1) is 12.2. The molecule has 0 fully saturated rings. The molecule has 5 heteroatoms. The molecule has 1 heterocycles. The molecule has 1 aromatic rings. The number of ether oxygens (including phenoxy) is 1. The number of nitrogens with two attached hydrogens (primary N) is 1. The Labute approximate surface area is 98.4 Å². The van der Waals surface area contributed by atoms with Gasteiger partial charge in [-0.15, -0.1) is 0 Å². The smallest absolute Gasteiger partial charge is 0.233 e. The van der Waals surface area contributed by atoms with Gasteiger partial charge in [0, 0.05) is 0 Å². The summed E-state index contributed by atoms with van der Waals surface area (Å²) in [6.45, 7) is 5.05. The van der Waals surface area contributed by atoms with E-state index in [2.05, 4.69) is 39.7 Å². The maximum absolute atomic E-state index is 5.60. The number of nitrogen functional groups attached to an aromatic ring is 1. The van der Waals surface area contributed by atoms with Gasteiger partial charge in [0.15, 0.2) is 0 Å². The monoisotopic (exact) mass is 273 g/mol. The van der Waals surface area contributed by atoms with E-state index in [4.69, 9.17) is 10.5 Å². The van der Waals surface area contributed by atoms with E-state index in [1.54, 1.807) is 0 Å². The van der Waals surface area contributed by atoms with Gasteiger partial charge < -0.3 is 10.5 Å². The van der Waals surface area contributed by atoms with Crippen LogP contribution in [0.4, 0.5) is 5.82 Å². The fourth-order valence-corrected chi connectivity index (χ4v) is 1.45. The Hall–Kier alpha value is -0.840. The summed E-state index contributed by atoms with van der Waals surface area (Å²) < 4.78 is 6.12. The summed E-state index contributed by atoms with van der Waals surface area (Å²) in [6, 6.07) is 0. The first-order valence-electron chi connectivity index (χ1n) is 5.00. The molecule has 0 atom stereocenters. The van der Waals surface area contributed by atoms with Gasteiger partial charge in [0.25, 0.3) is 0 Å². The molecule has 1 aromatic heterocycles. The minimum absolute atomic E-state index is 0.406. The zero-order valence-corrected chi connectivity index (χ0v) is 10.6. The molecule has 0 amide bonds. The van der Waals surface area contributed by atoms with Crippen LogP contribution in [-0.4, -0.2) is 16.6 Å². The second-order valence-corrected chi connectivity index (χ2v) is 4.56. The van der Waals surface area contributed by atoms with Crippen LogP contribution in [0.2, 0.25) is 0 Å². The van der Waals surface area contributed by atoms with Gasteiger partial charge in [-0.05, 0) is 34.7 Å². The van der Waals surface area contributed by atoms with Crippen molar-refractivity contribution in [2.75, 3.05) is 12.3 Å². The SMILES string of the molecule is CC(C)CCCOc1ncnc(N)c1Br.